The molecule has 0 saturated carbocycles. The monoisotopic (exact) mass is 723 g/mol. The largest absolute Gasteiger partial charge is 0.462 e. The Morgan fingerprint density at radius 2 is 0.647 bits per heavy atom. The van der Waals surface area contributed by atoms with Crippen LogP contribution in [0.3, 0.4) is 0 Å². The fourth-order valence-corrected chi connectivity index (χ4v) is 6.63. The van der Waals surface area contributed by atoms with E-state index >= 15 is 0 Å². The minimum atomic E-state index is -0.758. The van der Waals surface area contributed by atoms with E-state index in [9.17, 15) is 14.4 Å². The highest BCUT2D eigenvalue weighted by molar-refractivity contribution is 5.71. The molecule has 0 rings (SSSR count). The van der Waals surface area contributed by atoms with Crippen LogP contribution in [0.15, 0.2) is 0 Å². The standard InChI is InChI=1S/C45H86O6/c1-5-7-9-11-13-14-15-16-17-18-19-20-21-25-30-34-38-45(48)51-42(39-49-43(46)36-32-28-23-12-10-8-6-2)40-50-44(47)37-33-29-26-22-24-27-31-35-41(3)4/h41-42H,5-40H2,1-4H3/t42-/m0/s1. The van der Waals surface area contributed by atoms with Crippen LogP contribution in [0.5, 0.6) is 0 Å². The summed E-state index contributed by atoms with van der Waals surface area (Å²) in [4.78, 5) is 37.5. The summed E-state index contributed by atoms with van der Waals surface area (Å²) in [7, 11) is 0. The van der Waals surface area contributed by atoms with Crippen LogP contribution in [0.2, 0.25) is 0 Å². The SMILES string of the molecule is CCCCCCCCCCCCCCCCCCC(=O)O[C@@H](COC(=O)CCCCCCCCC)COC(=O)CCCCCCCCCC(C)C. The summed E-state index contributed by atoms with van der Waals surface area (Å²) in [5.41, 5.74) is 0. The van der Waals surface area contributed by atoms with Gasteiger partial charge in [0, 0.05) is 19.3 Å². The molecule has 0 spiro atoms. The summed E-state index contributed by atoms with van der Waals surface area (Å²) in [6.45, 7) is 8.91. The Labute approximate surface area is 317 Å². The normalized spacial score (nSPS) is 11.9. The molecule has 0 aliphatic carbocycles. The second-order valence-corrected chi connectivity index (χ2v) is 15.8. The highest BCUT2D eigenvalue weighted by Crippen LogP contribution is 2.16. The summed E-state index contributed by atoms with van der Waals surface area (Å²) in [5.74, 6) is -0.0826. The van der Waals surface area contributed by atoms with Gasteiger partial charge in [-0.2, -0.15) is 0 Å². The summed E-state index contributed by atoms with van der Waals surface area (Å²) in [5, 5.41) is 0. The average Bonchev–Trinajstić information content (AvgIpc) is 3.11. The van der Waals surface area contributed by atoms with Gasteiger partial charge in [-0.25, -0.2) is 0 Å². The molecule has 6 heteroatoms. The zero-order valence-electron chi connectivity index (χ0n) is 34.6. The van der Waals surface area contributed by atoms with Crippen molar-refractivity contribution in [1.82, 2.24) is 0 Å². The zero-order valence-corrected chi connectivity index (χ0v) is 34.6. The second kappa shape index (κ2) is 39.6. The molecule has 0 fully saturated rings. The van der Waals surface area contributed by atoms with E-state index in [4.69, 9.17) is 14.2 Å². The molecule has 0 aromatic carbocycles. The van der Waals surface area contributed by atoms with Crippen molar-refractivity contribution in [2.45, 2.75) is 252 Å². The van der Waals surface area contributed by atoms with Crippen LogP contribution in [0.25, 0.3) is 0 Å². The highest BCUT2D eigenvalue weighted by Gasteiger charge is 2.19. The van der Waals surface area contributed by atoms with Gasteiger partial charge < -0.3 is 14.2 Å². The lowest BCUT2D eigenvalue weighted by molar-refractivity contribution is -0.167. The third-order valence-electron chi connectivity index (χ3n) is 10.0. The smallest absolute Gasteiger partial charge is 0.306 e. The van der Waals surface area contributed by atoms with Crippen LogP contribution in [-0.4, -0.2) is 37.2 Å². The average molecular weight is 723 g/mol. The Kier molecular flexibility index (Phi) is 38.4. The summed E-state index contributed by atoms with van der Waals surface area (Å²) in [6.07, 6.45) is 38.2. The molecule has 0 N–H and O–H groups in total. The molecule has 0 aliphatic heterocycles. The maximum absolute atomic E-state index is 12.7. The number of hydrogen-bond acceptors (Lipinski definition) is 6. The Morgan fingerprint density at radius 3 is 0.961 bits per heavy atom. The Bertz CT molecular complexity index is 766. The molecule has 0 unspecified atom stereocenters. The molecule has 0 aromatic heterocycles. The molecule has 1 atom stereocenters. The molecular formula is C45H86O6. The van der Waals surface area contributed by atoms with Gasteiger partial charge in [-0.3, -0.25) is 14.4 Å². The molecule has 0 amide bonds. The van der Waals surface area contributed by atoms with Crippen molar-refractivity contribution in [3.05, 3.63) is 0 Å². The van der Waals surface area contributed by atoms with Crippen LogP contribution < -0.4 is 0 Å². The number of carbonyl (C=O) groups excluding carboxylic acids is 3. The summed E-state index contributed by atoms with van der Waals surface area (Å²) >= 11 is 0. The van der Waals surface area contributed by atoms with E-state index in [-0.39, 0.29) is 31.1 Å². The van der Waals surface area contributed by atoms with E-state index in [1.165, 1.54) is 141 Å². The van der Waals surface area contributed by atoms with Crippen molar-refractivity contribution in [2.24, 2.45) is 5.92 Å². The van der Waals surface area contributed by atoms with E-state index in [1.54, 1.807) is 0 Å². The fourth-order valence-electron chi connectivity index (χ4n) is 6.63. The molecule has 51 heavy (non-hydrogen) atoms. The minimum Gasteiger partial charge on any atom is -0.462 e. The maximum atomic E-state index is 12.7. The third-order valence-corrected chi connectivity index (χ3v) is 10.0. The first-order valence-corrected chi connectivity index (χ1v) is 22.4. The van der Waals surface area contributed by atoms with E-state index in [0.717, 1.165) is 63.7 Å². The van der Waals surface area contributed by atoms with Gasteiger partial charge in [-0.15, -0.1) is 0 Å². The van der Waals surface area contributed by atoms with Crippen molar-refractivity contribution < 1.29 is 28.6 Å². The maximum Gasteiger partial charge on any atom is 0.306 e. The molecular weight excluding hydrogens is 636 g/mol. The highest BCUT2D eigenvalue weighted by atomic mass is 16.6. The molecule has 6 nitrogen and oxygen atoms in total. The number of ether oxygens (including phenoxy) is 3. The number of carbonyl (C=O) groups is 3. The number of esters is 3. The van der Waals surface area contributed by atoms with Crippen LogP contribution >= 0.6 is 0 Å². The molecule has 302 valence electrons. The van der Waals surface area contributed by atoms with E-state index < -0.39 is 6.10 Å². The van der Waals surface area contributed by atoms with Crippen molar-refractivity contribution in [2.75, 3.05) is 13.2 Å². The Balaban J connectivity index is 4.24. The van der Waals surface area contributed by atoms with Crippen LogP contribution in [-0.2, 0) is 28.6 Å². The van der Waals surface area contributed by atoms with E-state index in [1.807, 2.05) is 0 Å². The van der Waals surface area contributed by atoms with Crippen LogP contribution in [0.4, 0.5) is 0 Å². The molecule has 0 saturated heterocycles. The topological polar surface area (TPSA) is 78.9 Å². The van der Waals surface area contributed by atoms with Crippen molar-refractivity contribution >= 4 is 17.9 Å². The lowest BCUT2D eigenvalue weighted by atomic mass is 10.0. The molecule has 0 aromatic rings. The number of rotatable bonds is 40. The predicted octanol–water partition coefficient (Wildman–Crippen LogP) is 13.9. The van der Waals surface area contributed by atoms with Crippen molar-refractivity contribution in [1.29, 1.82) is 0 Å². The first kappa shape index (κ1) is 49.4. The van der Waals surface area contributed by atoms with Gasteiger partial charge in [0.15, 0.2) is 6.10 Å². The van der Waals surface area contributed by atoms with Crippen molar-refractivity contribution in [3.8, 4) is 0 Å². The van der Waals surface area contributed by atoms with Gasteiger partial charge in [-0.05, 0) is 25.2 Å². The van der Waals surface area contributed by atoms with E-state index in [2.05, 4.69) is 27.7 Å². The van der Waals surface area contributed by atoms with Crippen molar-refractivity contribution in [3.63, 3.8) is 0 Å². The van der Waals surface area contributed by atoms with Crippen LogP contribution in [0, 0.1) is 5.92 Å². The van der Waals surface area contributed by atoms with Gasteiger partial charge in [0.25, 0.3) is 0 Å². The summed E-state index contributed by atoms with van der Waals surface area (Å²) < 4.78 is 16.6. The summed E-state index contributed by atoms with van der Waals surface area (Å²) in [6, 6.07) is 0. The fraction of sp³-hybridized carbons (Fsp3) is 0.933. The zero-order chi connectivity index (χ0) is 37.5. The van der Waals surface area contributed by atoms with Gasteiger partial charge in [0.1, 0.15) is 13.2 Å². The number of unbranched alkanes of at least 4 members (excludes halogenated alkanes) is 27. The minimum absolute atomic E-state index is 0.0654. The third kappa shape index (κ3) is 39.5. The number of hydrogen-bond donors (Lipinski definition) is 0. The second-order valence-electron chi connectivity index (χ2n) is 15.8. The Morgan fingerprint density at radius 1 is 0.373 bits per heavy atom. The predicted molar refractivity (Wildman–Crippen MR) is 215 cm³/mol. The molecule has 0 heterocycles. The first-order valence-electron chi connectivity index (χ1n) is 22.4. The van der Waals surface area contributed by atoms with Crippen LogP contribution in [0.1, 0.15) is 246 Å². The van der Waals surface area contributed by atoms with Gasteiger partial charge in [0.2, 0.25) is 0 Å². The molecule has 0 radical (unpaired) electrons. The Hall–Kier alpha value is -1.59. The lowest BCUT2D eigenvalue weighted by Crippen LogP contribution is -2.30. The molecule has 0 bridgehead atoms. The van der Waals surface area contributed by atoms with Gasteiger partial charge >= 0.3 is 17.9 Å². The quantitative estimate of drug-likeness (QED) is 0.0356. The first-order chi connectivity index (χ1) is 24.9. The van der Waals surface area contributed by atoms with Gasteiger partial charge in [0.05, 0.1) is 0 Å². The lowest BCUT2D eigenvalue weighted by Gasteiger charge is -2.18. The van der Waals surface area contributed by atoms with Gasteiger partial charge in [-0.1, -0.05) is 207 Å². The molecule has 0 aliphatic rings. The van der Waals surface area contributed by atoms with E-state index in [0.29, 0.717) is 19.3 Å².